The Kier molecular flexibility index (Phi) is 6.35. The molecule has 146 valence electrons. The van der Waals surface area contributed by atoms with Gasteiger partial charge in [-0.2, -0.15) is 13.2 Å². The van der Waals surface area contributed by atoms with E-state index < -0.39 is 40.0 Å². The molecule has 0 saturated heterocycles. The Balaban J connectivity index is 2.28. The minimum absolute atomic E-state index is 0.251. The highest BCUT2D eigenvalue weighted by molar-refractivity contribution is 7.98. The second-order valence-electron chi connectivity index (χ2n) is 6.56. The van der Waals surface area contributed by atoms with E-state index in [0.717, 1.165) is 23.5 Å². The minimum atomic E-state index is -5.01. The molecule has 9 heteroatoms. The van der Waals surface area contributed by atoms with Crippen molar-refractivity contribution in [1.82, 2.24) is 4.98 Å². The summed E-state index contributed by atoms with van der Waals surface area (Å²) in [7, 11) is 0. The van der Waals surface area contributed by atoms with Crippen molar-refractivity contribution in [1.29, 1.82) is 0 Å². The number of carbonyl (C=O) groups excluding carboxylic acids is 1. The first kappa shape index (κ1) is 21.0. The lowest BCUT2D eigenvalue weighted by Gasteiger charge is -2.21. The summed E-state index contributed by atoms with van der Waals surface area (Å²) in [6.45, 7) is 4.66. The van der Waals surface area contributed by atoms with Crippen LogP contribution in [0.2, 0.25) is 0 Å². The molecule has 0 atom stereocenters. The van der Waals surface area contributed by atoms with Crippen LogP contribution < -0.4 is 5.32 Å². The van der Waals surface area contributed by atoms with Gasteiger partial charge in [-0.15, -0.1) is 0 Å². The summed E-state index contributed by atoms with van der Waals surface area (Å²) in [4.78, 5) is 15.5. The molecule has 1 amide bonds. The average molecular weight is 402 g/mol. The van der Waals surface area contributed by atoms with Gasteiger partial charge in [-0.1, -0.05) is 42.1 Å². The molecule has 0 saturated carbocycles. The van der Waals surface area contributed by atoms with Crippen molar-refractivity contribution in [3.05, 3.63) is 53.5 Å². The number of amides is 1. The maximum absolute atomic E-state index is 14.5. The van der Waals surface area contributed by atoms with E-state index in [9.17, 15) is 22.4 Å². The van der Waals surface area contributed by atoms with Gasteiger partial charge >= 0.3 is 12.3 Å². The maximum Gasteiger partial charge on any atom is 0.421 e. The molecular formula is C18H18F4N2O2S. The fraction of sp³-hybridized carbons (Fsp3) is 0.333. The standard InChI is InChI=1S/C18H18F4N2O2S/c1-17(2,3)26-16(25)24-12-9-23-15(14(19)13(12)18(20,21)22)27-10-11-7-5-4-6-8-11/h4-9H,10H2,1-3H3,(H,24,25). The Bertz CT molecular complexity index is 805. The smallest absolute Gasteiger partial charge is 0.421 e. The van der Waals surface area contributed by atoms with Crippen molar-refractivity contribution in [2.75, 3.05) is 5.32 Å². The zero-order valence-electron chi connectivity index (χ0n) is 14.9. The van der Waals surface area contributed by atoms with Gasteiger partial charge < -0.3 is 4.74 Å². The number of hydrogen-bond donors (Lipinski definition) is 1. The van der Waals surface area contributed by atoms with Gasteiger partial charge in [-0.3, -0.25) is 5.32 Å². The van der Waals surface area contributed by atoms with Gasteiger partial charge in [0.25, 0.3) is 0 Å². The summed E-state index contributed by atoms with van der Waals surface area (Å²) in [6, 6.07) is 8.89. The molecule has 1 aromatic heterocycles. The number of aromatic nitrogens is 1. The van der Waals surface area contributed by atoms with Crippen LogP contribution in [0.3, 0.4) is 0 Å². The third kappa shape index (κ3) is 6.13. The second-order valence-corrected chi connectivity index (χ2v) is 7.53. The van der Waals surface area contributed by atoms with E-state index in [2.05, 4.69) is 4.98 Å². The number of hydrogen-bond acceptors (Lipinski definition) is 4. The summed E-state index contributed by atoms with van der Waals surface area (Å²) in [5.41, 5.74) is -2.48. The number of benzene rings is 1. The van der Waals surface area contributed by atoms with E-state index in [1.165, 1.54) is 0 Å². The highest BCUT2D eigenvalue weighted by Gasteiger charge is 2.39. The van der Waals surface area contributed by atoms with Crippen LogP contribution >= 0.6 is 11.8 Å². The van der Waals surface area contributed by atoms with Crippen LogP contribution in [0.25, 0.3) is 0 Å². The van der Waals surface area contributed by atoms with Crippen molar-refractivity contribution < 1.29 is 27.1 Å². The molecule has 2 aromatic rings. The summed E-state index contributed by atoms with van der Waals surface area (Å²) in [6.07, 6.45) is -5.36. The topological polar surface area (TPSA) is 51.2 Å². The lowest BCUT2D eigenvalue weighted by atomic mass is 10.2. The first-order chi connectivity index (χ1) is 12.5. The zero-order valence-corrected chi connectivity index (χ0v) is 15.7. The highest BCUT2D eigenvalue weighted by atomic mass is 32.2. The molecule has 0 unspecified atom stereocenters. The van der Waals surface area contributed by atoms with Gasteiger partial charge in [0.1, 0.15) is 16.2 Å². The quantitative estimate of drug-likeness (QED) is 0.513. The molecule has 1 aromatic carbocycles. The summed E-state index contributed by atoms with van der Waals surface area (Å²) >= 11 is 0.838. The van der Waals surface area contributed by atoms with E-state index >= 15 is 0 Å². The zero-order chi connectivity index (χ0) is 20.2. The molecule has 1 heterocycles. The van der Waals surface area contributed by atoms with Gasteiger partial charge in [-0.25, -0.2) is 14.2 Å². The summed E-state index contributed by atoms with van der Waals surface area (Å²) in [5.74, 6) is -1.28. The number of nitrogens with one attached hydrogen (secondary N) is 1. The largest absolute Gasteiger partial charge is 0.444 e. The first-order valence-corrected chi connectivity index (χ1v) is 8.88. The van der Waals surface area contributed by atoms with Crippen molar-refractivity contribution in [3.63, 3.8) is 0 Å². The number of rotatable bonds is 4. The Labute approximate surface area is 158 Å². The van der Waals surface area contributed by atoms with Gasteiger partial charge in [0, 0.05) is 5.75 Å². The van der Waals surface area contributed by atoms with E-state index in [4.69, 9.17) is 4.74 Å². The van der Waals surface area contributed by atoms with Gasteiger partial charge in [0.2, 0.25) is 0 Å². The first-order valence-electron chi connectivity index (χ1n) is 7.90. The minimum Gasteiger partial charge on any atom is -0.444 e. The van der Waals surface area contributed by atoms with Crippen molar-refractivity contribution in [2.45, 2.75) is 43.3 Å². The predicted molar refractivity (Wildman–Crippen MR) is 95.1 cm³/mol. The van der Waals surface area contributed by atoms with Crippen LogP contribution in [0.15, 0.2) is 41.6 Å². The van der Waals surface area contributed by atoms with Crippen LogP contribution in [0.4, 0.5) is 28.0 Å². The van der Waals surface area contributed by atoms with Crippen molar-refractivity contribution in [3.8, 4) is 0 Å². The predicted octanol–water partition coefficient (Wildman–Crippen LogP) is 5.88. The third-order valence-corrected chi connectivity index (χ3v) is 4.16. The van der Waals surface area contributed by atoms with Crippen LogP contribution in [0.1, 0.15) is 31.9 Å². The van der Waals surface area contributed by atoms with E-state index in [-0.39, 0.29) is 5.75 Å². The average Bonchev–Trinajstić information content (AvgIpc) is 2.52. The molecule has 4 nitrogen and oxygen atoms in total. The summed E-state index contributed by atoms with van der Waals surface area (Å²) in [5, 5.41) is 1.52. The fourth-order valence-corrected chi connectivity index (χ4v) is 2.93. The molecule has 2 rings (SSSR count). The molecule has 1 N–H and O–H groups in total. The summed E-state index contributed by atoms with van der Waals surface area (Å²) < 4.78 is 59.6. The Morgan fingerprint density at radius 3 is 2.37 bits per heavy atom. The van der Waals surface area contributed by atoms with Gasteiger partial charge in [0.15, 0.2) is 5.82 Å². The lowest BCUT2D eigenvalue weighted by Crippen LogP contribution is -2.28. The number of ether oxygens (including phenoxy) is 1. The number of carbonyl (C=O) groups is 1. The van der Waals surface area contributed by atoms with E-state index in [0.29, 0.717) is 0 Å². The highest BCUT2D eigenvalue weighted by Crippen LogP contribution is 2.39. The van der Waals surface area contributed by atoms with E-state index in [1.54, 1.807) is 51.1 Å². The molecule has 0 fully saturated rings. The molecule has 27 heavy (non-hydrogen) atoms. The molecular weight excluding hydrogens is 384 g/mol. The molecule has 0 aliphatic heterocycles. The van der Waals surface area contributed by atoms with Crippen LogP contribution in [-0.2, 0) is 16.7 Å². The van der Waals surface area contributed by atoms with Crippen molar-refractivity contribution in [2.24, 2.45) is 0 Å². The number of pyridine rings is 1. The maximum atomic E-state index is 14.5. The molecule has 0 bridgehead atoms. The Morgan fingerprint density at radius 1 is 1.19 bits per heavy atom. The fourth-order valence-electron chi connectivity index (χ4n) is 2.08. The Morgan fingerprint density at radius 2 is 1.81 bits per heavy atom. The number of halogens is 4. The van der Waals surface area contributed by atoms with Gasteiger partial charge in [-0.05, 0) is 26.3 Å². The SMILES string of the molecule is CC(C)(C)OC(=O)Nc1cnc(SCc2ccccc2)c(F)c1C(F)(F)F. The monoisotopic (exact) mass is 402 g/mol. The number of thioether (sulfide) groups is 1. The third-order valence-electron chi connectivity index (χ3n) is 3.12. The van der Waals surface area contributed by atoms with Gasteiger partial charge in [0.05, 0.1) is 11.9 Å². The van der Waals surface area contributed by atoms with Crippen LogP contribution in [-0.4, -0.2) is 16.7 Å². The van der Waals surface area contributed by atoms with Crippen LogP contribution in [0, 0.1) is 5.82 Å². The molecule has 0 aliphatic rings. The second kappa shape index (κ2) is 8.16. The molecule has 0 aliphatic carbocycles. The molecule has 0 radical (unpaired) electrons. The lowest BCUT2D eigenvalue weighted by molar-refractivity contribution is -0.139. The number of anilines is 1. The normalized spacial score (nSPS) is 12.0. The number of alkyl halides is 3. The van der Waals surface area contributed by atoms with E-state index in [1.807, 2.05) is 5.32 Å². The van der Waals surface area contributed by atoms with Crippen LogP contribution in [0.5, 0.6) is 0 Å². The Hall–Kier alpha value is -2.29. The molecule has 0 spiro atoms. The van der Waals surface area contributed by atoms with Crippen molar-refractivity contribution >= 4 is 23.5 Å². The number of nitrogens with zero attached hydrogens (tertiary/aromatic N) is 1.